The molecule has 2 aromatic carbocycles. The maximum absolute atomic E-state index is 12.6. The summed E-state index contributed by atoms with van der Waals surface area (Å²) in [6.07, 6.45) is 1.51. The van der Waals surface area contributed by atoms with Crippen LogP contribution in [0, 0.1) is 6.92 Å². The van der Waals surface area contributed by atoms with Crippen LogP contribution in [0.1, 0.15) is 5.56 Å². The van der Waals surface area contributed by atoms with Crippen molar-refractivity contribution in [1.82, 2.24) is 14.7 Å². The number of nitrogens with one attached hydrogen (secondary N) is 1. The number of nitrogens with zero attached hydrogens (tertiary/aromatic N) is 3. The number of amides is 1. The highest BCUT2D eigenvalue weighted by atomic mass is 16.5. The van der Waals surface area contributed by atoms with Gasteiger partial charge in [-0.25, -0.2) is 0 Å². The van der Waals surface area contributed by atoms with E-state index in [-0.39, 0.29) is 18.0 Å². The predicted molar refractivity (Wildman–Crippen MR) is 122 cm³/mol. The first-order chi connectivity index (χ1) is 15.9. The van der Waals surface area contributed by atoms with Crippen LogP contribution in [0.5, 0.6) is 11.5 Å². The average molecular weight is 446 g/mol. The number of aryl methyl sites for hydroxylation is 1. The summed E-state index contributed by atoms with van der Waals surface area (Å²) in [5.41, 5.74) is 2.61. The zero-order valence-electron chi connectivity index (χ0n) is 18.4. The maximum Gasteiger partial charge on any atom is 0.259 e. The fourth-order valence-electron chi connectivity index (χ4n) is 3.18. The SMILES string of the molecule is COc1cc(NC(=O)Cn2cc(-c3nc(-c4ccc(C)cc4)no3)ccc2=O)cc(OC)c1. The molecule has 4 rings (SSSR count). The van der Waals surface area contributed by atoms with Gasteiger partial charge in [-0.05, 0) is 13.0 Å². The molecular formula is C24H22N4O5. The van der Waals surface area contributed by atoms with Crippen molar-refractivity contribution < 1.29 is 18.8 Å². The van der Waals surface area contributed by atoms with Crippen LogP contribution in [0.3, 0.4) is 0 Å². The van der Waals surface area contributed by atoms with Crippen molar-refractivity contribution in [3.63, 3.8) is 0 Å². The zero-order chi connectivity index (χ0) is 23.4. The summed E-state index contributed by atoms with van der Waals surface area (Å²) < 4.78 is 17.1. The Morgan fingerprint density at radius 1 is 1.00 bits per heavy atom. The fourth-order valence-corrected chi connectivity index (χ4v) is 3.18. The van der Waals surface area contributed by atoms with Gasteiger partial charge in [-0.1, -0.05) is 35.0 Å². The number of aromatic nitrogens is 3. The number of carbonyl (C=O) groups is 1. The molecule has 2 heterocycles. The Labute approximate surface area is 189 Å². The number of benzene rings is 2. The van der Waals surface area contributed by atoms with Gasteiger partial charge in [0.25, 0.3) is 11.4 Å². The molecule has 1 N–H and O–H groups in total. The van der Waals surface area contributed by atoms with Crippen LogP contribution in [0.2, 0.25) is 0 Å². The lowest BCUT2D eigenvalue weighted by molar-refractivity contribution is -0.116. The van der Waals surface area contributed by atoms with Gasteiger partial charge in [0, 0.05) is 41.7 Å². The Kier molecular flexibility index (Phi) is 6.21. The Bertz CT molecular complexity index is 1320. The van der Waals surface area contributed by atoms with Crippen molar-refractivity contribution >= 4 is 11.6 Å². The van der Waals surface area contributed by atoms with Crippen LogP contribution in [0.4, 0.5) is 5.69 Å². The van der Waals surface area contributed by atoms with Gasteiger partial charge in [-0.15, -0.1) is 0 Å². The largest absolute Gasteiger partial charge is 0.497 e. The van der Waals surface area contributed by atoms with E-state index in [1.54, 1.807) is 24.3 Å². The van der Waals surface area contributed by atoms with Gasteiger partial charge in [0.05, 0.1) is 19.8 Å². The van der Waals surface area contributed by atoms with E-state index in [1.807, 2.05) is 31.2 Å². The summed E-state index contributed by atoms with van der Waals surface area (Å²) >= 11 is 0. The molecule has 0 saturated carbocycles. The molecule has 0 atom stereocenters. The lowest BCUT2D eigenvalue weighted by Gasteiger charge is -2.11. The molecular weight excluding hydrogens is 424 g/mol. The number of carbonyl (C=O) groups excluding carboxylic acids is 1. The Hall–Kier alpha value is -4.40. The highest BCUT2D eigenvalue weighted by molar-refractivity contribution is 5.91. The molecule has 0 radical (unpaired) electrons. The third-order valence-electron chi connectivity index (χ3n) is 4.92. The van der Waals surface area contributed by atoms with Crippen LogP contribution in [0.15, 0.2) is 70.1 Å². The number of ether oxygens (including phenoxy) is 2. The summed E-state index contributed by atoms with van der Waals surface area (Å²) in [7, 11) is 3.04. The van der Waals surface area contributed by atoms with Gasteiger partial charge in [-0.2, -0.15) is 4.98 Å². The molecule has 168 valence electrons. The van der Waals surface area contributed by atoms with E-state index in [9.17, 15) is 9.59 Å². The third-order valence-corrected chi connectivity index (χ3v) is 4.92. The van der Waals surface area contributed by atoms with Crippen molar-refractivity contribution in [2.75, 3.05) is 19.5 Å². The number of hydrogen-bond acceptors (Lipinski definition) is 7. The van der Waals surface area contributed by atoms with Gasteiger partial charge < -0.3 is 23.9 Å². The molecule has 0 saturated heterocycles. The molecule has 0 bridgehead atoms. The van der Waals surface area contributed by atoms with Gasteiger partial charge in [-0.3, -0.25) is 9.59 Å². The lowest BCUT2D eigenvalue weighted by Crippen LogP contribution is -2.26. The highest BCUT2D eigenvalue weighted by Gasteiger charge is 2.13. The molecule has 9 heteroatoms. The van der Waals surface area contributed by atoms with E-state index in [0.717, 1.165) is 11.1 Å². The van der Waals surface area contributed by atoms with Crippen molar-refractivity contribution in [3.05, 3.63) is 76.7 Å². The van der Waals surface area contributed by atoms with Crippen LogP contribution in [-0.2, 0) is 11.3 Å². The Morgan fingerprint density at radius 2 is 1.67 bits per heavy atom. The molecule has 33 heavy (non-hydrogen) atoms. The van der Waals surface area contributed by atoms with Crippen LogP contribution in [-0.4, -0.2) is 34.8 Å². The first-order valence-corrected chi connectivity index (χ1v) is 10.1. The summed E-state index contributed by atoms with van der Waals surface area (Å²) in [4.78, 5) is 29.3. The fraction of sp³-hybridized carbons (Fsp3) is 0.167. The summed E-state index contributed by atoms with van der Waals surface area (Å²) in [6.45, 7) is 1.79. The van der Waals surface area contributed by atoms with E-state index in [4.69, 9.17) is 14.0 Å². The van der Waals surface area contributed by atoms with Gasteiger partial charge in [0.2, 0.25) is 11.7 Å². The van der Waals surface area contributed by atoms with Gasteiger partial charge in [0.1, 0.15) is 18.0 Å². The normalized spacial score (nSPS) is 10.6. The van der Waals surface area contributed by atoms with Crippen LogP contribution >= 0.6 is 0 Å². The van der Waals surface area contributed by atoms with Crippen molar-refractivity contribution in [3.8, 4) is 34.3 Å². The second kappa shape index (κ2) is 9.39. The minimum Gasteiger partial charge on any atom is -0.497 e. The zero-order valence-corrected chi connectivity index (χ0v) is 18.4. The third kappa shape index (κ3) is 5.09. The van der Waals surface area contributed by atoms with Crippen LogP contribution < -0.4 is 20.3 Å². The molecule has 0 spiro atoms. The second-order valence-electron chi connectivity index (χ2n) is 7.32. The molecule has 9 nitrogen and oxygen atoms in total. The van der Waals surface area contributed by atoms with Crippen molar-refractivity contribution in [1.29, 1.82) is 0 Å². The summed E-state index contributed by atoms with van der Waals surface area (Å²) in [5, 5.41) is 6.76. The first kappa shape index (κ1) is 21.8. The van der Waals surface area contributed by atoms with E-state index in [1.165, 1.54) is 31.0 Å². The molecule has 0 aliphatic rings. The highest BCUT2D eigenvalue weighted by Crippen LogP contribution is 2.26. The van der Waals surface area contributed by atoms with Crippen molar-refractivity contribution in [2.45, 2.75) is 13.5 Å². The van der Waals surface area contributed by atoms with E-state index >= 15 is 0 Å². The van der Waals surface area contributed by atoms with E-state index in [2.05, 4.69) is 15.5 Å². The molecule has 0 aliphatic carbocycles. The standard InChI is InChI=1S/C24H22N4O5/c1-15-4-6-16(7-5-15)23-26-24(33-27-23)17-8-9-22(30)28(13-17)14-21(29)25-18-10-19(31-2)12-20(11-18)32-3/h4-13H,14H2,1-3H3,(H,25,29). The first-order valence-electron chi connectivity index (χ1n) is 10.1. The molecule has 0 unspecified atom stereocenters. The van der Waals surface area contributed by atoms with E-state index in [0.29, 0.717) is 28.6 Å². The minimum absolute atomic E-state index is 0.203. The molecule has 2 aromatic heterocycles. The number of rotatable bonds is 7. The molecule has 4 aromatic rings. The van der Waals surface area contributed by atoms with E-state index < -0.39 is 5.91 Å². The quantitative estimate of drug-likeness (QED) is 0.463. The molecule has 0 fully saturated rings. The van der Waals surface area contributed by atoms with Crippen LogP contribution in [0.25, 0.3) is 22.8 Å². The Balaban J connectivity index is 1.53. The minimum atomic E-state index is -0.393. The topological polar surface area (TPSA) is 108 Å². The summed E-state index contributed by atoms with van der Waals surface area (Å²) in [6, 6.07) is 15.7. The predicted octanol–water partition coefficient (Wildman–Crippen LogP) is 3.53. The molecule has 0 aliphatic heterocycles. The smallest absolute Gasteiger partial charge is 0.259 e. The average Bonchev–Trinajstić information content (AvgIpc) is 3.31. The second-order valence-corrected chi connectivity index (χ2v) is 7.32. The summed E-state index contributed by atoms with van der Waals surface area (Å²) in [5.74, 6) is 1.36. The number of pyridine rings is 1. The number of hydrogen-bond donors (Lipinski definition) is 1. The number of anilines is 1. The maximum atomic E-state index is 12.6. The van der Waals surface area contributed by atoms with Gasteiger partial charge >= 0.3 is 0 Å². The van der Waals surface area contributed by atoms with Gasteiger partial charge in [0.15, 0.2) is 0 Å². The molecule has 1 amide bonds. The monoisotopic (exact) mass is 446 g/mol. The number of methoxy groups -OCH3 is 2. The Morgan fingerprint density at radius 3 is 2.33 bits per heavy atom. The lowest BCUT2D eigenvalue weighted by atomic mass is 10.1. The van der Waals surface area contributed by atoms with Crippen molar-refractivity contribution in [2.24, 2.45) is 0 Å².